The van der Waals surface area contributed by atoms with Crippen LogP contribution < -0.4 is 5.43 Å². The van der Waals surface area contributed by atoms with Crippen molar-refractivity contribution >= 4 is 39.4 Å². The van der Waals surface area contributed by atoms with Crippen molar-refractivity contribution in [2.45, 2.75) is 6.92 Å². The fraction of sp³-hybridized carbons (Fsp3) is 0.0714. The number of benzene rings is 2. The summed E-state index contributed by atoms with van der Waals surface area (Å²) in [6.07, 6.45) is 1.76. The van der Waals surface area contributed by atoms with E-state index in [-0.39, 0.29) is 0 Å². The molecule has 2 rings (SSSR count). The third kappa shape index (κ3) is 3.34. The SMILES string of the molecule is Cc1ccc(N/N=C/c2ccccc2Br)cc1Cl. The van der Waals surface area contributed by atoms with Gasteiger partial charge < -0.3 is 0 Å². The number of nitrogens with one attached hydrogen (secondary N) is 1. The molecule has 0 saturated heterocycles. The van der Waals surface area contributed by atoms with E-state index < -0.39 is 0 Å². The summed E-state index contributed by atoms with van der Waals surface area (Å²) in [5, 5.41) is 4.91. The lowest BCUT2D eigenvalue weighted by atomic mass is 10.2. The van der Waals surface area contributed by atoms with Gasteiger partial charge in [-0.15, -0.1) is 0 Å². The van der Waals surface area contributed by atoms with Crippen molar-refractivity contribution in [2.24, 2.45) is 5.10 Å². The van der Waals surface area contributed by atoms with E-state index >= 15 is 0 Å². The molecule has 0 atom stereocenters. The van der Waals surface area contributed by atoms with Crippen LogP contribution in [0.25, 0.3) is 0 Å². The van der Waals surface area contributed by atoms with Crippen LogP contribution >= 0.6 is 27.5 Å². The van der Waals surface area contributed by atoms with Crippen LogP contribution in [-0.4, -0.2) is 6.21 Å². The molecule has 0 aliphatic rings. The lowest BCUT2D eigenvalue weighted by molar-refractivity contribution is 1.33. The molecule has 18 heavy (non-hydrogen) atoms. The van der Waals surface area contributed by atoms with Crippen molar-refractivity contribution in [1.82, 2.24) is 0 Å². The zero-order valence-corrected chi connectivity index (χ0v) is 12.2. The van der Waals surface area contributed by atoms with Crippen molar-refractivity contribution < 1.29 is 0 Å². The molecule has 2 aromatic carbocycles. The first kappa shape index (κ1) is 13.1. The Hall–Kier alpha value is -1.32. The Morgan fingerprint density at radius 2 is 2.00 bits per heavy atom. The van der Waals surface area contributed by atoms with Gasteiger partial charge >= 0.3 is 0 Å². The third-order valence-corrected chi connectivity index (χ3v) is 3.60. The van der Waals surface area contributed by atoms with Crippen molar-refractivity contribution in [2.75, 3.05) is 5.43 Å². The smallest absolute Gasteiger partial charge is 0.0576 e. The topological polar surface area (TPSA) is 24.4 Å². The largest absolute Gasteiger partial charge is 0.278 e. The fourth-order valence-electron chi connectivity index (χ4n) is 1.42. The maximum Gasteiger partial charge on any atom is 0.0576 e. The van der Waals surface area contributed by atoms with Gasteiger partial charge in [0, 0.05) is 15.1 Å². The molecule has 0 unspecified atom stereocenters. The van der Waals surface area contributed by atoms with Crippen LogP contribution in [0.1, 0.15) is 11.1 Å². The number of hydrazone groups is 1. The van der Waals surface area contributed by atoms with Crippen LogP contribution in [0.5, 0.6) is 0 Å². The van der Waals surface area contributed by atoms with Gasteiger partial charge in [0.25, 0.3) is 0 Å². The molecular formula is C14H12BrClN2. The van der Waals surface area contributed by atoms with E-state index in [0.29, 0.717) is 0 Å². The van der Waals surface area contributed by atoms with Crippen molar-refractivity contribution in [3.8, 4) is 0 Å². The zero-order valence-electron chi connectivity index (χ0n) is 9.82. The fourth-order valence-corrected chi connectivity index (χ4v) is 1.99. The van der Waals surface area contributed by atoms with Crippen LogP contribution in [0.4, 0.5) is 5.69 Å². The molecule has 2 nitrogen and oxygen atoms in total. The van der Waals surface area contributed by atoms with Gasteiger partial charge in [0.2, 0.25) is 0 Å². The molecule has 0 heterocycles. The Balaban J connectivity index is 2.07. The standard InChI is InChI=1S/C14H12BrClN2/c1-10-6-7-12(8-14(10)16)18-17-9-11-4-2-3-5-13(11)15/h2-9,18H,1H3/b17-9+. The molecule has 0 amide bonds. The first-order valence-electron chi connectivity index (χ1n) is 5.46. The lowest BCUT2D eigenvalue weighted by Crippen LogP contribution is -1.91. The molecule has 0 aliphatic heterocycles. The van der Waals surface area contributed by atoms with Crippen LogP contribution in [-0.2, 0) is 0 Å². The van der Waals surface area contributed by atoms with Crippen LogP contribution in [0.15, 0.2) is 52.0 Å². The van der Waals surface area contributed by atoms with E-state index in [9.17, 15) is 0 Å². The Morgan fingerprint density at radius 1 is 1.22 bits per heavy atom. The van der Waals surface area contributed by atoms with E-state index in [4.69, 9.17) is 11.6 Å². The van der Waals surface area contributed by atoms with Crippen LogP contribution in [0.3, 0.4) is 0 Å². The summed E-state index contributed by atoms with van der Waals surface area (Å²) in [7, 11) is 0. The Bertz CT molecular complexity index is 582. The quantitative estimate of drug-likeness (QED) is 0.633. The number of rotatable bonds is 3. The van der Waals surface area contributed by atoms with Gasteiger partial charge in [-0.2, -0.15) is 5.10 Å². The molecule has 0 aliphatic carbocycles. The Kier molecular flexibility index (Phi) is 4.39. The number of nitrogens with zero attached hydrogens (tertiary/aromatic N) is 1. The number of halogens is 2. The van der Waals surface area contributed by atoms with Gasteiger partial charge in [0.1, 0.15) is 0 Å². The van der Waals surface area contributed by atoms with Gasteiger partial charge in [-0.1, -0.05) is 51.8 Å². The summed E-state index contributed by atoms with van der Waals surface area (Å²) in [5.74, 6) is 0. The number of hydrogen-bond acceptors (Lipinski definition) is 2. The minimum Gasteiger partial charge on any atom is -0.278 e. The number of aryl methyl sites for hydroxylation is 1. The summed E-state index contributed by atoms with van der Waals surface area (Å²) in [4.78, 5) is 0. The average Bonchev–Trinajstić information content (AvgIpc) is 2.36. The summed E-state index contributed by atoms with van der Waals surface area (Å²) in [5.41, 5.74) is 5.89. The minimum absolute atomic E-state index is 0.732. The van der Waals surface area contributed by atoms with Gasteiger partial charge in [-0.25, -0.2) is 0 Å². The van der Waals surface area contributed by atoms with E-state index in [1.807, 2.05) is 49.4 Å². The first-order chi connectivity index (χ1) is 8.66. The molecule has 0 radical (unpaired) electrons. The average molecular weight is 324 g/mol. The second kappa shape index (κ2) is 6.03. The third-order valence-electron chi connectivity index (χ3n) is 2.47. The highest BCUT2D eigenvalue weighted by Gasteiger charge is 1.97. The summed E-state index contributed by atoms with van der Waals surface area (Å²) in [6.45, 7) is 1.97. The maximum absolute atomic E-state index is 6.04. The highest BCUT2D eigenvalue weighted by Crippen LogP contribution is 2.20. The second-order valence-electron chi connectivity index (χ2n) is 3.86. The van der Waals surface area contributed by atoms with Gasteiger partial charge in [0.05, 0.1) is 11.9 Å². The Labute approximate surface area is 120 Å². The molecule has 0 saturated carbocycles. The normalized spacial score (nSPS) is 10.8. The van der Waals surface area contributed by atoms with Crippen molar-refractivity contribution in [3.05, 3.63) is 63.1 Å². The summed E-state index contributed by atoms with van der Waals surface area (Å²) >= 11 is 9.50. The minimum atomic E-state index is 0.732. The zero-order chi connectivity index (χ0) is 13.0. The number of anilines is 1. The molecule has 0 spiro atoms. The van der Waals surface area contributed by atoms with Crippen LogP contribution in [0, 0.1) is 6.92 Å². The Morgan fingerprint density at radius 3 is 2.72 bits per heavy atom. The van der Waals surface area contributed by atoms with Crippen LogP contribution in [0.2, 0.25) is 5.02 Å². The van der Waals surface area contributed by atoms with E-state index in [2.05, 4.69) is 26.5 Å². The summed E-state index contributed by atoms with van der Waals surface area (Å²) < 4.78 is 1.01. The second-order valence-corrected chi connectivity index (χ2v) is 5.12. The molecular weight excluding hydrogens is 312 g/mol. The molecule has 4 heteroatoms. The van der Waals surface area contributed by atoms with Gasteiger partial charge in [0.15, 0.2) is 0 Å². The highest BCUT2D eigenvalue weighted by molar-refractivity contribution is 9.10. The molecule has 92 valence electrons. The van der Waals surface area contributed by atoms with Crippen molar-refractivity contribution in [3.63, 3.8) is 0 Å². The van der Waals surface area contributed by atoms with E-state index in [0.717, 1.165) is 26.3 Å². The van der Waals surface area contributed by atoms with Gasteiger partial charge in [-0.3, -0.25) is 5.43 Å². The molecule has 0 aromatic heterocycles. The van der Waals surface area contributed by atoms with E-state index in [1.54, 1.807) is 6.21 Å². The van der Waals surface area contributed by atoms with E-state index in [1.165, 1.54) is 0 Å². The molecule has 0 fully saturated rings. The number of hydrogen-bond donors (Lipinski definition) is 1. The first-order valence-corrected chi connectivity index (χ1v) is 6.63. The molecule has 0 bridgehead atoms. The molecule has 2 aromatic rings. The molecule has 1 N–H and O–H groups in total. The lowest BCUT2D eigenvalue weighted by Gasteiger charge is -2.03. The van der Waals surface area contributed by atoms with Gasteiger partial charge in [-0.05, 0) is 30.7 Å². The monoisotopic (exact) mass is 322 g/mol. The highest BCUT2D eigenvalue weighted by atomic mass is 79.9. The summed E-state index contributed by atoms with van der Waals surface area (Å²) in [6, 6.07) is 13.6. The maximum atomic E-state index is 6.04. The predicted octanol–water partition coefficient (Wildman–Crippen LogP) is 4.86. The predicted molar refractivity (Wildman–Crippen MR) is 81.5 cm³/mol. The van der Waals surface area contributed by atoms with Crippen molar-refractivity contribution in [1.29, 1.82) is 0 Å².